The average Bonchev–Trinajstić information content (AvgIpc) is 2.47. The number of fused-ring (bicyclic) bond motifs is 1. The molecule has 1 aromatic heterocycles. The summed E-state index contributed by atoms with van der Waals surface area (Å²) in [5.74, 6) is 0.735. The van der Waals surface area contributed by atoms with E-state index >= 15 is 0 Å². The SMILES string of the molecule is Nc1ccc(COc2cccc(Cl)c2)c2ncccc12. The Morgan fingerprint density at radius 2 is 2.00 bits per heavy atom. The van der Waals surface area contributed by atoms with Crippen LogP contribution in [0, 0.1) is 0 Å². The van der Waals surface area contributed by atoms with E-state index in [4.69, 9.17) is 22.1 Å². The van der Waals surface area contributed by atoms with Crippen LogP contribution in [0.2, 0.25) is 5.02 Å². The highest BCUT2D eigenvalue weighted by Gasteiger charge is 2.06. The van der Waals surface area contributed by atoms with E-state index in [0.717, 1.165) is 27.9 Å². The maximum absolute atomic E-state index is 5.95. The number of aromatic nitrogens is 1. The molecule has 20 heavy (non-hydrogen) atoms. The van der Waals surface area contributed by atoms with E-state index in [1.807, 2.05) is 42.5 Å². The molecule has 0 fully saturated rings. The fourth-order valence-corrected chi connectivity index (χ4v) is 2.27. The molecule has 0 saturated carbocycles. The normalized spacial score (nSPS) is 10.7. The maximum atomic E-state index is 5.95. The van der Waals surface area contributed by atoms with Gasteiger partial charge in [0.25, 0.3) is 0 Å². The van der Waals surface area contributed by atoms with Crippen molar-refractivity contribution in [3.8, 4) is 5.75 Å². The van der Waals surface area contributed by atoms with E-state index in [9.17, 15) is 0 Å². The van der Waals surface area contributed by atoms with Crippen LogP contribution in [0.5, 0.6) is 5.75 Å². The minimum atomic E-state index is 0.425. The molecule has 0 spiro atoms. The molecule has 3 nitrogen and oxygen atoms in total. The van der Waals surface area contributed by atoms with Crippen molar-refractivity contribution in [1.29, 1.82) is 0 Å². The largest absolute Gasteiger partial charge is 0.489 e. The lowest BCUT2D eigenvalue weighted by Crippen LogP contribution is -1.99. The number of hydrogen-bond donors (Lipinski definition) is 1. The van der Waals surface area contributed by atoms with Crippen molar-refractivity contribution < 1.29 is 4.74 Å². The molecule has 100 valence electrons. The standard InChI is InChI=1S/C16H13ClN2O/c17-12-3-1-4-13(9-12)20-10-11-6-7-15(18)14-5-2-8-19-16(11)14/h1-9H,10,18H2. The second-order valence-electron chi connectivity index (χ2n) is 4.46. The molecule has 0 aliphatic carbocycles. The van der Waals surface area contributed by atoms with E-state index in [2.05, 4.69) is 4.98 Å². The molecule has 1 heterocycles. The number of anilines is 1. The molecular weight excluding hydrogens is 272 g/mol. The van der Waals surface area contributed by atoms with Gasteiger partial charge in [0.15, 0.2) is 0 Å². The molecule has 0 saturated heterocycles. The fraction of sp³-hybridized carbons (Fsp3) is 0.0625. The van der Waals surface area contributed by atoms with Crippen LogP contribution in [-0.2, 0) is 6.61 Å². The summed E-state index contributed by atoms with van der Waals surface area (Å²) in [5.41, 5.74) is 8.54. The Morgan fingerprint density at radius 3 is 2.85 bits per heavy atom. The Morgan fingerprint density at radius 1 is 1.10 bits per heavy atom. The molecule has 4 heteroatoms. The summed E-state index contributed by atoms with van der Waals surface area (Å²) in [7, 11) is 0. The Bertz CT molecular complexity index is 758. The summed E-state index contributed by atoms with van der Waals surface area (Å²) in [4.78, 5) is 4.39. The van der Waals surface area contributed by atoms with Gasteiger partial charge in [-0.25, -0.2) is 0 Å². The van der Waals surface area contributed by atoms with Crippen LogP contribution in [0.4, 0.5) is 5.69 Å². The number of nitrogens with two attached hydrogens (primary N) is 1. The second-order valence-corrected chi connectivity index (χ2v) is 4.90. The number of nitrogen functional groups attached to an aromatic ring is 1. The van der Waals surface area contributed by atoms with Crippen molar-refractivity contribution in [1.82, 2.24) is 4.98 Å². The fourth-order valence-electron chi connectivity index (χ4n) is 2.09. The smallest absolute Gasteiger partial charge is 0.121 e. The van der Waals surface area contributed by atoms with Crippen LogP contribution in [0.15, 0.2) is 54.7 Å². The number of rotatable bonds is 3. The van der Waals surface area contributed by atoms with Gasteiger partial charge >= 0.3 is 0 Å². The summed E-state index contributed by atoms with van der Waals surface area (Å²) >= 11 is 5.93. The van der Waals surface area contributed by atoms with Crippen molar-refractivity contribution in [3.63, 3.8) is 0 Å². The molecule has 0 radical (unpaired) electrons. The molecule has 0 atom stereocenters. The van der Waals surface area contributed by atoms with Crippen molar-refractivity contribution >= 4 is 28.2 Å². The van der Waals surface area contributed by atoms with Gasteiger partial charge in [-0.2, -0.15) is 0 Å². The van der Waals surface area contributed by atoms with Crippen LogP contribution >= 0.6 is 11.6 Å². The maximum Gasteiger partial charge on any atom is 0.121 e. The first-order valence-electron chi connectivity index (χ1n) is 6.24. The van der Waals surface area contributed by atoms with Gasteiger partial charge < -0.3 is 10.5 Å². The van der Waals surface area contributed by atoms with Gasteiger partial charge in [-0.05, 0) is 36.4 Å². The zero-order chi connectivity index (χ0) is 13.9. The monoisotopic (exact) mass is 284 g/mol. The van der Waals surface area contributed by atoms with Crippen molar-refractivity contribution in [2.24, 2.45) is 0 Å². The lowest BCUT2D eigenvalue weighted by Gasteiger charge is -2.10. The number of hydrogen-bond acceptors (Lipinski definition) is 3. The molecule has 0 amide bonds. The van der Waals surface area contributed by atoms with Gasteiger partial charge in [-0.1, -0.05) is 23.7 Å². The predicted octanol–water partition coefficient (Wildman–Crippen LogP) is 4.05. The van der Waals surface area contributed by atoms with Crippen LogP contribution in [0.1, 0.15) is 5.56 Å². The van der Waals surface area contributed by atoms with Crippen molar-refractivity contribution in [2.45, 2.75) is 6.61 Å². The van der Waals surface area contributed by atoms with Crippen LogP contribution in [0.25, 0.3) is 10.9 Å². The lowest BCUT2D eigenvalue weighted by atomic mass is 10.1. The average molecular weight is 285 g/mol. The van der Waals surface area contributed by atoms with Gasteiger partial charge in [-0.3, -0.25) is 4.98 Å². The zero-order valence-electron chi connectivity index (χ0n) is 10.7. The third-order valence-electron chi connectivity index (χ3n) is 3.08. The summed E-state index contributed by atoms with van der Waals surface area (Å²) < 4.78 is 5.76. The molecule has 3 aromatic rings. The van der Waals surface area contributed by atoms with E-state index < -0.39 is 0 Å². The molecule has 0 bridgehead atoms. The summed E-state index contributed by atoms with van der Waals surface area (Å²) in [6, 6.07) is 15.0. The van der Waals surface area contributed by atoms with E-state index in [1.165, 1.54) is 0 Å². The Balaban J connectivity index is 1.90. The van der Waals surface area contributed by atoms with Gasteiger partial charge in [0.2, 0.25) is 0 Å². The molecule has 2 aromatic carbocycles. The number of ether oxygens (including phenoxy) is 1. The molecule has 0 unspecified atom stereocenters. The molecular formula is C16H13ClN2O. The first-order valence-corrected chi connectivity index (χ1v) is 6.62. The first kappa shape index (κ1) is 12.8. The van der Waals surface area contributed by atoms with E-state index in [1.54, 1.807) is 12.3 Å². The highest BCUT2D eigenvalue weighted by molar-refractivity contribution is 6.30. The van der Waals surface area contributed by atoms with Gasteiger partial charge in [0.1, 0.15) is 12.4 Å². The number of pyridine rings is 1. The number of halogens is 1. The quantitative estimate of drug-likeness (QED) is 0.738. The van der Waals surface area contributed by atoms with Crippen LogP contribution in [-0.4, -0.2) is 4.98 Å². The minimum absolute atomic E-state index is 0.425. The predicted molar refractivity (Wildman–Crippen MR) is 81.9 cm³/mol. The summed E-state index contributed by atoms with van der Waals surface area (Å²) in [6.07, 6.45) is 1.75. The van der Waals surface area contributed by atoms with Crippen molar-refractivity contribution in [3.05, 3.63) is 65.3 Å². The van der Waals surface area contributed by atoms with E-state index in [0.29, 0.717) is 11.6 Å². The summed E-state index contributed by atoms with van der Waals surface area (Å²) in [5, 5.41) is 1.60. The molecule has 2 N–H and O–H groups in total. The highest BCUT2D eigenvalue weighted by Crippen LogP contribution is 2.24. The van der Waals surface area contributed by atoms with Crippen molar-refractivity contribution in [2.75, 3.05) is 5.73 Å². The number of nitrogens with zero attached hydrogens (tertiary/aromatic N) is 1. The molecule has 3 rings (SSSR count). The molecule has 0 aliphatic rings. The van der Waals surface area contributed by atoms with Gasteiger partial charge in [0.05, 0.1) is 5.52 Å². The lowest BCUT2D eigenvalue weighted by molar-refractivity contribution is 0.307. The topological polar surface area (TPSA) is 48.1 Å². The molecule has 0 aliphatic heterocycles. The third-order valence-corrected chi connectivity index (χ3v) is 3.31. The minimum Gasteiger partial charge on any atom is -0.489 e. The Hall–Kier alpha value is -2.26. The van der Waals surface area contributed by atoms with Crippen LogP contribution < -0.4 is 10.5 Å². The summed E-state index contributed by atoms with van der Waals surface area (Å²) in [6.45, 7) is 0.425. The van der Waals surface area contributed by atoms with E-state index in [-0.39, 0.29) is 0 Å². The number of benzene rings is 2. The first-order chi connectivity index (χ1) is 9.74. The van der Waals surface area contributed by atoms with Crippen LogP contribution in [0.3, 0.4) is 0 Å². The highest BCUT2D eigenvalue weighted by atomic mass is 35.5. The van der Waals surface area contributed by atoms with Gasteiger partial charge in [0, 0.05) is 27.9 Å². The Kier molecular flexibility index (Phi) is 3.44. The Labute approximate surface area is 122 Å². The second kappa shape index (κ2) is 5.39. The third kappa shape index (κ3) is 2.53. The van der Waals surface area contributed by atoms with Gasteiger partial charge in [-0.15, -0.1) is 0 Å². The zero-order valence-corrected chi connectivity index (χ0v) is 11.5.